The number of carboxylic acid groups (broad SMARTS) is 1. The van der Waals surface area contributed by atoms with Gasteiger partial charge in [0.25, 0.3) is 0 Å². The van der Waals surface area contributed by atoms with E-state index in [1.54, 1.807) is 0 Å². The molecular weight excluding hydrogens is 214 g/mol. The average molecular weight is 239 g/mol. The van der Waals surface area contributed by atoms with Crippen molar-refractivity contribution in [1.82, 2.24) is 4.90 Å². The highest BCUT2D eigenvalue weighted by Gasteiger charge is 2.41. The first-order valence-electron chi connectivity index (χ1n) is 6.83. The highest BCUT2D eigenvalue weighted by atomic mass is 16.4. The maximum atomic E-state index is 10.9. The Morgan fingerprint density at radius 2 is 2.00 bits per heavy atom. The Morgan fingerprint density at radius 1 is 1.29 bits per heavy atom. The minimum Gasteiger partial charge on any atom is -0.480 e. The van der Waals surface area contributed by atoms with E-state index in [2.05, 4.69) is 25.7 Å². The van der Waals surface area contributed by atoms with Crippen LogP contribution in [0.3, 0.4) is 0 Å². The summed E-state index contributed by atoms with van der Waals surface area (Å²) in [4.78, 5) is 13.1. The molecule has 0 heterocycles. The van der Waals surface area contributed by atoms with Crippen molar-refractivity contribution in [3.63, 3.8) is 0 Å². The molecule has 2 rings (SSSR count). The van der Waals surface area contributed by atoms with Crippen LogP contribution in [0.15, 0.2) is 0 Å². The van der Waals surface area contributed by atoms with Crippen molar-refractivity contribution >= 4 is 5.97 Å². The summed E-state index contributed by atoms with van der Waals surface area (Å²) in [5.41, 5.74) is -0.0414. The largest absolute Gasteiger partial charge is 0.480 e. The van der Waals surface area contributed by atoms with Crippen LogP contribution in [0.4, 0.5) is 0 Å². The van der Waals surface area contributed by atoms with Gasteiger partial charge in [0.05, 0.1) is 6.54 Å². The third-order valence-electron chi connectivity index (χ3n) is 4.61. The van der Waals surface area contributed by atoms with Crippen molar-refractivity contribution in [2.45, 2.75) is 52.0 Å². The monoisotopic (exact) mass is 239 g/mol. The number of rotatable bonds is 4. The number of hydrogen-bond acceptors (Lipinski definition) is 2. The summed E-state index contributed by atoms with van der Waals surface area (Å²) in [5.74, 6) is 1.85. The molecule has 3 nitrogen and oxygen atoms in total. The zero-order chi connectivity index (χ0) is 12.6. The number of carboxylic acids is 1. The van der Waals surface area contributed by atoms with Gasteiger partial charge < -0.3 is 5.11 Å². The van der Waals surface area contributed by atoms with Crippen LogP contribution in [0.25, 0.3) is 0 Å². The molecule has 3 atom stereocenters. The standard InChI is InChI=1S/C14H25NO2/c1-14(2,3)15(9-13(16)17)8-12-7-10-4-5-11(12)6-10/h10-12H,4-9H2,1-3H3,(H,16,17). The predicted octanol–water partition coefficient (Wildman–Crippen LogP) is 2.61. The van der Waals surface area contributed by atoms with Gasteiger partial charge in [0, 0.05) is 12.1 Å². The molecule has 2 fully saturated rings. The summed E-state index contributed by atoms with van der Waals surface area (Å²) in [7, 11) is 0. The molecule has 2 saturated carbocycles. The second-order valence-corrected chi connectivity index (χ2v) is 6.88. The lowest BCUT2D eigenvalue weighted by atomic mass is 9.87. The summed E-state index contributed by atoms with van der Waals surface area (Å²) < 4.78 is 0. The molecule has 0 spiro atoms. The smallest absolute Gasteiger partial charge is 0.317 e. The lowest BCUT2D eigenvalue weighted by molar-refractivity contribution is -0.140. The lowest BCUT2D eigenvalue weighted by Crippen LogP contribution is -2.47. The fourth-order valence-electron chi connectivity index (χ4n) is 3.62. The first-order chi connectivity index (χ1) is 7.86. The van der Waals surface area contributed by atoms with Gasteiger partial charge in [0.15, 0.2) is 0 Å². The van der Waals surface area contributed by atoms with E-state index < -0.39 is 5.97 Å². The number of hydrogen-bond donors (Lipinski definition) is 1. The first kappa shape index (κ1) is 12.9. The van der Waals surface area contributed by atoms with Crippen LogP contribution in [-0.4, -0.2) is 34.6 Å². The molecule has 0 aromatic heterocycles. The molecule has 3 heteroatoms. The number of nitrogens with zero attached hydrogens (tertiary/aromatic N) is 1. The van der Waals surface area contributed by atoms with Crippen LogP contribution >= 0.6 is 0 Å². The molecule has 2 bridgehead atoms. The van der Waals surface area contributed by atoms with Crippen molar-refractivity contribution in [2.24, 2.45) is 17.8 Å². The van der Waals surface area contributed by atoms with Gasteiger partial charge in [-0.05, 0) is 57.8 Å². The van der Waals surface area contributed by atoms with Gasteiger partial charge in [-0.2, -0.15) is 0 Å². The Morgan fingerprint density at radius 3 is 2.41 bits per heavy atom. The molecule has 17 heavy (non-hydrogen) atoms. The van der Waals surface area contributed by atoms with Crippen molar-refractivity contribution in [3.05, 3.63) is 0 Å². The quantitative estimate of drug-likeness (QED) is 0.820. The summed E-state index contributed by atoms with van der Waals surface area (Å²) in [6.07, 6.45) is 5.52. The summed E-state index contributed by atoms with van der Waals surface area (Å²) >= 11 is 0. The van der Waals surface area contributed by atoms with Crippen LogP contribution in [0, 0.1) is 17.8 Å². The van der Waals surface area contributed by atoms with Gasteiger partial charge in [-0.1, -0.05) is 6.42 Å². The summed E-state index contributed by atoms with van der Waals surface area (Å²) in [6.45, 7) is 7.49. The Kier molecular flexibility index (Phi) is 3.48. The topological polar surface area (TPSA) is 40.5 Å². The zero-order valence-corrected chi connectivity index (χ0v) is 11.3. The second-order valence-electron chi connectivity index (χ2n) is 6.88. The molecule has 0 aliphatic heterocycles. The molecule has 0 aromatic carbocycles. The minimum absolute atomic E-state index is 0.0414. The highest BCUT2D eigenvalue weighted by molar-refractivity contribution is 5.69. The van der Waals surface area contributed by atoms with Crippen molar-refractivity contribution < 1.29 is 9.90 Å². The van der Waals surface area contributed by atoms with Crippen molar-refractivity contribution in [3.8, 4) is 0 Å². The van der Waals surface area contributed by atoms with Crippen LogP contribution in [0.5, 0.6) is 0 Å². The second kappa shape index (κ2) is 4.60. The molecule has 0 aromatic rings. The molecule has 1 N–H and O–H groups in total. The summed E-state index contributed by atoms with van der Waals surface area (Å²) in [6, 6.07) is 0. The normalized spacial score (nSPS) is 32.4. The Labute approximate surface area is 104 Å². The van der Waals surface area contributed by atoms with Gasteiger partial charge in [-0.25, -0.2) is 0 Å². The Bertz CT molecular complexity index is 295. The van der Waals surface area contributed by atoms with Gasteiger partial charge in [0.2, 0.25) is 0 Å². The van der Waals surface area contributed by atoms with Crippen LogP contribution in [-0.2, 0) is 4.79 Å². The van der Waals surface area contributed by atoms with Crippen LogP contribution in [0.2, 0.25) is 0 Å². The number of fused-ring (bicyclic) bond motifs is 2. The van der Waals surface area contributed by atoms with Crippen molar-refractivity contribution in [1.29, 1.82) is 0 Å². The lowest BCUT2D eigenvalue weighted by Gasteiger charge is -2.38. The highest BCUT2D eigenvalue weighted by Crippen LogP contribution is 2.48. The van der Waals surface area contributed by atoms with E-state index in [0.29, 0.717) is 0 Å². The molecule has 2 aliphatic rings. The van der Waals surface area contributed by atoms with E-state index in [1.807, 2.05) is 0 Å². The zero-order valence-electron chi connectivity index (χ0n) is 11.3. The van der Waals surface area contributed by atoms with E-state index in [1.165, 1.54) is 25.7 Å². The number of carbonyl (C=O) groups is 1. The SMILES string of the molecule is CC(C)(C)N(CC(=O)O)CC1CC2CCC1C2. The molecule has 0 amide bonds. The van der Waals surface area contributed by atoms with Gasteiger partial charge in [0.1, 0.15) is 0 Å². The summed E-state index contributed by atoms with van der Waals surface area (Å²) in [5, 5.41) is 9.01. The van der Waals surface area contributed by atoms with Gasteiger partial charge in [-0.3, -0.25) is 9.69 Å². The minimum atomic E-state index is -0.705. The van der Waals surface area contributed by atoms with Gasteiger partial charge >= 0.3 is 5.97 Å². The number of aliphatic carboxylic acids is 1. The average Bonchev–Trinajstić information content (AvgIpc) is 2.75. The van der Waals surface area contributed by atoms with E-state index in [0.717, 1.165) is 24.3 Å². The fourth-order valence-corrected chi connectivity index (χ4v) is 3.62. The maximum absolute atomic E-state index is 10.9. The maximum Gasteiger partial charge on any atom is 0.317 e. The molecule has 98 valence electrons. The van der Waals surface area contributed by atoms with Crippen molar-refractivity contribution in [2.75, 3.05) is 13.1 Å². The molecule has 0 radical (unpaired) electrons. The van der Waals surface area contributed by atoms with E-state index in [4.69, 9.17) is 5.11 Å². The Balaban J connectivity index is 1.95. The van der Waals surface area contributed by atoms with Gasteiger partial charge in [-0.15, -0.1) is 0 Å². The predicted molar refractivity (Wildman–Crippen MR) is 67.9 cm³/mol. The third kappa shape index (κ3) is 3.01. The van der Waals surface area contributed by atoms with Crippen LogP contribution < -0.4 is 0 Å². The van der Waals surface area contributed by atoms with E-state index in [-0.39, 0.29) is 12.1 Å². The fraction of sp³-hybridized carbons (Fsp3) is 0.929. The molecular formula is C14H25NO2. The van der Waals surface area contributed by atoms with E-state index in [9.17, 15) is 4.79 Å². The third-order valence-corrected chi connectivity index (χ3v) is 4.61. The first-order valence-corrected chi connectivity index (χ1v) is 6.83. The van der Waals surface area contributed by atoms with E-state index >= 15 is 0 Å². The Hall–Kier alpha value is -0.570. The van der Waals surface area contributed by atoms with Crippen LogP contribution in [0.1, 0.15) is 46.5 Å². The molecule has 0 saturated heterocycles. The molecule has 3 unspecified atom stereocenters. The molecule has 2 aliphatic carbocycles.